The van der Waals surface area contributed by atoms with Gasteiger partial charge in [-0.25, -0.2) is 9.59 Å². The summed E-state index contributed by atoms with van der Waals surface area (Å²) in [7, 11) is 0. The first-order chi connectivity index (χ1) is 10.0. The third kappa shape index (κ3) is 3.52. The van der Waals surface area contributed by atoms with Gasteiger partial charge in [-0.2, -0.15) is 0 Å². The SMILES string of the molecule is CCN(C(=O)OC(C)(C)C)C(C)(C(=O)O)c1nccnc1C. The molecule has 0 bridgehead atoms. The third-order valence-electron chi connectivity index (χ3n) is 3.23. The number of aryl methyl sites for hydroxylation is 1. The fourth-order valence-electron chi connectivity index (χ4n) is 2.18. The molecule has 22 heavy (non-hydrogen) atoms. The van der Waals surface area contributed by atoms with Crippen molar-refractivity contribution >= 4 is 12.1 Å². The topological polar surface area (TPSA) is 92.6 Å². The molecule has 0 saturated heterocycles. The Balaban J connectivity index is 3.36. The van der Waals surface area contributed by atoms with E-state index in [-0.39, 0.29) is 12.2 Å². The standard InChI is InChI=1S/C15H23N3O4/c1-7-18(13(21)22-14(3,4)5)15(6,12(19)20)11-10(2)16-8-9-17-11/h8-9H,7H2,1-6H3,(H,19,20). The number of hydrogen-bond donors (Lipinski definition) is 1. The summed E-state index contributed by atoms with van der Waals surface area (Å²) in [5.41, 5.74) is -1.71. The van der Waals surface area contributed by atoms with Gasteiger partial charge in [0.1, 0.15) is 5.60 Å². The molecule has 0 saturated carbocycles. The molecule has 0 aliphatic heterocycles. The van der Waals surface area contributed by atoms with E-state index in [0.29, 0.717) is 5.69 Å². The van der Waals surface area contributed by atoms with Crippen LogP contribution in [-0.4, -0.2) is 44.2 Å². The number of aromatic nitrogens is 2. The van der Waals surface area contributed by atoms with Crippen molar-refractivity contribution in [1.29, 1.82) is 0 Å². The molecule has 1 unspecified atom stereocenters. The maximum Gasteiger partial charge on any atom is 0.411 e. The van der Waals surface area contributed by atoms with Crippen molar-refractivity contribution in [2.75, 3.05) is 6.54 Å². The monoisotopic (exact) mass is 309 g/mol. The number of carboxylic acids is 1. The minimum absolute atomic E-state index is 0.160. The van der Waals surface area contributed by atoms with Gasteiger partial charge in [-0.3, -0.25) is 14.9 Å². The van der Waals surface area contributed by atoms with E-state index < -0.39 is 23.2 Å². The van der Waals surface area contributed by atoms with E-state index in [1.165, 1.54) is 19.3 Å². The van der Waals surface area contributed by atoms with Crippen LogP contribution in [-0.2, 0) is 15.1 Å². The molecule has 1 rings (SSSR count). The molecule has 0 aromatic carbocycles. The lowest BCUT2D eigenvalue weighted by Crippen LogP contribution is -2.54. The molecule has 1 aromatic rings. The molecule has 1 N–H and O–H groups in total. The van der Waals surface area contributed by atoms with Crippen LogP contribution in [0.2, 0.25) is 0 Å². The number of nitrogens with zero attached hydrogens (tertiary/aromatic N) is 3. The van der Waals surface area contributed by atoms with Gasteiger partial charge in [-0.1, -0.05) is 0 Å². The number of carboxylic acid groups (broad SMARTS) is 1. The number of likely N-dealkylation sites (N-methyl/N-ethyl adjacent to an activating group) is 1. The predicted molar refractivity (Wildman–Crippen MR) is 80.4 cm³/mol. The summed E-state index contributed by atoms with van der Waals surface area (Å²) >= 11 is 0. The molecular weight excluding hydrogens is 286 g/mol. The Labute approximate surface area is 130 Å². The molecule has 0 spiro atoms. The van der Waals surface area contributed by atoms with Crippen LogP contribution in [0.1, 0.15) is 46.0 Å². The van der Waals surface area contributed by atoms with Gasteiger partial charge in [0.05, 0.1) is 11.4 Å². The minimum Gasteiger partial charge on any atom is -0.479 e. The lowest BCUT2D eigenvalue weighted by atomic mass is 9.93. The Morgan fingerprint density at radius 3 is 2.18 bits per heavy atom. The van der Waals surface area contributed by atoms with E-state index >= 15 is 0 Å². The predicted octanol–water partition coefficient (Wildman–Crippen LogP) is 2.34. The quantitative estimate of drug-likeness (QED) is 0.917. The third-order valence-corrected chi connectivity index (χ3v) is 3.23. The van der Waals surface area contributed by atoms with Gasteiger partial charge < -0.3 is 9.84 Å². The van der Waals surface area contributed by atoms with E-state index in [2.05, 4.69) is 9.97 Å². The molecule has 1 heterocycles. The summed E-state index contributed by atoms with van der Waals surface area (Å²) in [6, 6.07) is 0. The van der Waals surface area contributed by atoms with Crippen molar-refractivity contribution in [2.24, 2.45) is 0 Å². The second-order valence-electron chi connectivity index (χ2n) is 6.09. The van der Waals surface area contributed by atoms with Crippen LogP contribution in [0, 0.1) is 6.92 Å². The minimum atomic E-state index is -1.66. The van der Waals surface area contributed by atoms with Gasteiger partial charge >= 0.3 is 12.1 Å². The van der Waals surface area contributed by atoms with E-state index in [4.69, 9.17) is 4.74 Å². The Morgan fingerprint density at radius 1 is 1.23 bits per heavy atom. The normalized spacial score (nSPS) is 14.1. The molecule has 122 valence electrons. The molecule has 1 atom stereocenters. The second-order valence-corrected chi connectivity index (χ2v) is 6.09. The number of rotatable bonds is 4. The lowest BCUT2D eigenvalue weighted by Gasteiger charge is -2.37. The van der Waals surface area contributed by atoms with Crippen LogP contribution in [0.15, 0.2) is 12.4 Å². The number of carbonyl (C=O) groups is 2. The Hall–Kier alpha value is -2.18. The molecule has 0 aliphatic rings. The zero-order valence-corrected chi connectivity index (χ0v) is 13.9. The van der Waals surface area contributed by atoms with Crippen molar-refractivity contribution in [3.63, 3.8) is 0 Å². The Morgan fingerprint density at radius 2 is 1.77 bits per heavy atom. The number of carbonyl (C=O) groups excluding carboxylic acids is 1. The summed E-state index contributed by atoms with van der Waals surface area (Å²) < 4.78 is 5.32. The summed E-state index contributed by atoms with van der Waals surface area (Å²) in [5.74, 6) is -1.19. The largest absolute Gasteiger partial charge is 0.479 e. The van der Waals surface area contributed by atoms with Crippen LogP contribution < -0.4 is 0 Å². The summed E-state index contributed by atoms with van der Waals surface area (Å²) in [4.78, 5) is 33.7. The number of ether oxygens (including phenoxy) is 1. The average Bonchev–Trinajstić information content (AvgIpc) is 2.37. The first-order valence-electron chi connectivity index (χ1n) is 7.06. The lowest BCUT2D eigenvalue weighted by molar-refractivity contribution is -0.151. The molecule has 1 amide bonds. The van der Waals surface area contributed by atoms with Gasteiger partial charge in [0.2, 0.25) is 0 Å². The highest BCUT2D eigenvalue weighted by molar-refractivity contribution is 5.85. The van der Waals surface area contributed by atoms with Gasteiger partial charge in [0.25, 0.3) is 0 Å². The Kier molecular flexibility index (Phi) is 5.11. The van der Waals surface area contributed by atoms with Gasteiger partial charge in [-0.15, -0.1) is 0 Å². The second kappa shape index (κ2) is 6.29. The molecule has 0 radical (unpaired) electrons. The average molecular weight is 309 g/mol. The van der Waals surface area contributed by atoms with Crippen molar-refractivity contribution in [3.8, 4) is 0 Å². The first kappa shape index (κ1) is 17.9. The summed E-state index contributed by atoms with van der Waals surface area (Å²) in [5, 5.41) is 9.74. The molecule has 0 aliphatic carbocycles. The fourth-order valence-corrected chi connectivity index (χ4v) is 2.18. The van der Waals surface area contributed by atoms with Gasteiger partial charge in [-0.05, 0) is 41.5 Å². The molecular formula is C15H23N3O4. The van der Waals surface area contributed by atoms with Crippen LogP contribution >= 0.6 is 0 Å². The first-order valence-corrected chi connectivity index (χ1v) is 7.06. The van der Waals surface area contributed by atoms with Gasteiger partial charge in [0.15, 0.2) is 5.54 Å². The smallest absolute Gasteiger partial charge is 0.411 e. The molecule has 7 nitrogen and oxygen atoms in total. The van der Waals surface area contributed by atoms with Crippen LogP contribution in [0.25, 0.3) is 0 Å². The van der Waals surface area contributed by atoms with E-state index in [9.17, 15) is 14.7 Å². The number of aliphatic carboxylic acids is 1. The fraction of sp³-hybridized carbons (Fsp3) is 0.600. The highest BCUT2D eigenvalue weighted by Crippen LogP contribution is 2.30. The van der Waals surface area contributed by atoms with E-state index in [1.54, 1.807) is 34.6 Å². The van der Waals surface area contributed by atoms with Crippen molar-refractivity contribution in [1.82, 2.24) is 14.9 Å². The summed E-state index contributed by atoms with van der Waals surface area (Å²) in [6.45, 7) is 10.1. The number of hydrogen-bond acceptors (Lipinski definition) is 5. The molecule has 0 fully saturated rings. The maximum absolute atomic E-state index is 12.4. The van der Waals surface area contributed by atoms with E-state index in [0.717, 1.165) is 4.90 Å². The van der Waals surface area contributed by atoms with Crippen molar-refractivity contribution < 1.29 is 19.4 Å². The Bertz CT molecular complexity index is 568. The van der Waals surface area contributed by atoms with Crippen LogP contribution in [0.5, 0.6) is 0 Å². The zero-order chi connectivity index (χ0) is 17.1. The zero-order valence-electron chi connectivity index (χ0n) is 13.9. The van der Waals surface area contributed by atoms with E-state index in [1.807, 2.05) is 0 Å². The molecule has 7 heteroatoms. The highest BCUT2D eigenvalue weighted by atomic mass is 16.6. The van der Waals surface area contributed by atoms with Crippen LogP contribution in [0.4, 0.5) is 4.79 Å². The number of amides is 1. The van der Waals surface area contributed by atoms with Crippen LogP contribution in [0.3, 0.4) is 0 Å². The maximum atomic E-state index is 12.4. The van der Waals surface area contributed by atoms with Crippen molar-refractivity contribution in [3.05, 3.63) is 23.8 Å². The molecule has 1 aromatic heterocycles. The highest BCUT2D eigenvalue weighted by Gasteiger charge is 2.47. The van der Waals surface area contributed by atoms with Crippen molar-refractivity contribution in [2.45, 2.75) is 52.7 Å². The summed E-state index contributed by atoms with van der Waals surface area (Å²) in [6.07, 6.45) is 2.18. The van der Waals surface area contributed by atoms with Gasteiger partial charge in [0, 0.05) is 18.9 Å².